The summed E-state index contributed by atoms with van der Waals surface area (Å²) in [6, 6.07) is 0. The number of carbonyl (C=O) groups is 2. The topological polar surface area (TPSA) is 81.7 Å². The number of aliphatic hydroxyl groups is 1. The number of hydrogen-bond acceptors (Lipinski definition) is 4. The van der Waals surface area contributed by atoms with E-state index in [1.807, 2.05) is 0 Å². The summed E-state index contributed by atoms with van der Waals surface area (Å²) in [6.45, 7) is 7.80. The van der Waals surface area contributed by atoms with Crippen molar-refractivity contribution in [3.63, 3.8) is 0 Å². The van der Waals surface area contributed by atoms with E-state index in [9.17, 15) is 9.59 Å². The number of allylic oxidation sites excluding steroid dienone is 4. The highest BCUT2D eigenvalue weighted by Gasteiger charge is 2.07. The molecule has 0 atom stereocenters. The van der Waals surface area contributed by atoms with E-state index in [4.69, 9.17) is 5.11 Å². The molecule has 6 nitrogen and oxygen atoms in total. The molecule has 0 spiro atoms. The molecule has 0 aliphatic rings. The second-order valence-electron chi connectivity index (χ2n) is 7.87. The second-order valence-corrected chi connectivity index (χ2v) is 7.87. The van der Waals surface area contributed by atoms with Gasteiger partial charge in [-0.05, 0) is 57.8 Å². The highest BCUT2D eigenvalue weighted by molar-refractivity contribution is 5.76. The van der Waals surface area contributed by atoms with Gasteiger partial charge in [-0.3, -0.25) is 14.5 Å². The van der Waals surface area contributed by atoms with Crippen LogP contribution in [0.4, 0.5) is 0 Å². The van der Waals surface area contributed by atoms with Crippen LogP contribution in [-0.4, -0.2) is 61.2 Å². The first-order valence-corrected chi connectivity index (χ1v) is 12.3. The Balaban J connectivity index is 3.91. The summed E-state index contributed by atoms with van der Waals surface area (Å²) in [5, 5.41) is 15.1. The van der Waals surface area contributed by atoms with E-state index in [2.05, 4.69) is 53.7 Å². The van der Waals surface area contributed by atoms with Gasteiger partial charge >= 0.3 is 0 Å². The number of amides is 2. The number of rotatable bonds is 21. The minimum absolute atomic E-state index is 0.101. The first kappa shape index (κ1) is 29.3. The number of carbonyl (C=O) groups excluding carboxylic acids is 2. The lowest BCUT2D eigenvalue weighted by atomic mass is 10.1. The molecular weight excluding hydrogens is 390 g/mol. The van der Waals surface area contributed by atoms with Gasteiger partial charge in [0, 0.05) is 52.2 Å². The molecule has 180 valence electrons. The van der Waals surface area contributed by atoms with Crippen molar-refractivity contribution >= 4 is 11.8 Å². The fraction of sp³-hybridized carbons (Fsp3) is 0.760. The Morgan fingerprint density at radius 3 is 1.61 bits per heavy atom. The predicted octanol–water partition coefficient (Wildman–Crippen LogP) is 3.96. The zero-order valence-corrected chi connectivity index (χ0v) is 20.0. The predicted molar refractivity (Wildman–Crippen MR) is 130 cm³/mol. The Kier molecular flexibility index (Phi) is 21.8. The SMILES string of the molecule is CC/C=C/CCCCC(=O)NCCN(CCCO)CCNC(=O)CCCC/C=C/CC. The van der Waals surface area contributed by atoms with Crippen molar-refractivity contribution in [2.24, 2.45) is 0 Å². The molecule has 0 rings (SSSR count). The molecule has 0 saturated carbocycles. The van der Waals surface area contributed by atoms with Crippen molar-refractivity contribution in [3.05, 3.63) is 24.3 Å². The van der Waals surface area contributed by atoms with Crippen molar-refractivity contribution in [3.8, 4) is 0 Å². The van der Waals surface area contributed by atoms with Crippen LogP contribution in [0.15, 0.2) is 24.3 Å². The number of aliphatic hydroxyl groups excluding tert-OH is 1. The molecule has 0 saturated heterocycles. The average Bonchev–Trinajstić information content (AvgIpc) is 2.76. The molecule has 0 aromatic carbocycles. The molecule has 0 heterocycles. The Bertz CT molecular complexity index is 452. The molecule has 31 heavy (non-hydrogen) atoms. The Labute approximate surface area is 190 Å². The number of unbranched alkanes of at least 4 members (excludes halogenated alkanes) is 4. The number of nitrogens with one attached hydrogen (secondary N) is 2. The van der Waals surface area contributed by atoms with E-state index in [0.717, 1.165) is 71.0 Å². The van der Waals surface area contributed by atoms with Crippen molar-refractivity contribution in [2.45, 2.75) is 84.5 Å². The second kappa shape index (κ2) is 23.0. The maximum absolute atomic E-state index is 12.0. The van der Waals surface area contributed by atoms with Crippen LogP contribution in [-0.2, 0) is 9.59 Å². The monoisotopic (exact) mass is 437 g/mol. The van der Waals surface area contributed by atoms with Gasteiger partial charge in [-0.2, -0.15) is 0 Å². The Morgan fingerprint density at radius 1 is 0.710 bits per heavy atom. The molecule has 2 amide bonds. The van der Waals surface area contributed by atoms with Crippen molar-refractivity contribution in [1.82, 2.24) is 15.5 Å². The highest BCUT2D eigenvalue weighted by Crippen LogP contribution is 2.02. The standard InChI is InChI=1S/C25H47N3O3/c1-3-5-7-9-11-13-16-24(30)26-18-21-28(20-15-23-29)22-19-27-25(31)17-14-12-10-8-6-4-2/h5-8,29H,3-4,9-23H2,1-2H3,(H,26,30)(H,27,31)/b7-5+,8-6+. The quantitative estimate of drug-likeness (QED) is 0.188. The fourth-order valence-electron chi connectivity index (χ4n) is 3.18. The highest BCUT2D eigenvalue weighted by atomic mass is 16.3. The first-order valence-electron chi connectivity index (χ1n) is 12.3. The van der Waals surface area contributed by atoms with Gasteiger partial charge in [0.25, 0.3) is 0 Å². The lowest BCUT2D eigenvalue weighted by Crippen LogP contribution is -2.40. The average molecular weight is 438 g/mol. The van der Waals surface area contributed by atoms with Gasteiger partial charge in [0.15, 0.2) is 0 Å². The van der Waals surface area contributed by atoms with Gasteiger partial charge in [0.1, 0.15) is 0 Å². The van der Waals surface area contributed by atoms with Crippen molar-refractivity contribution in [1.29, 1.82) is 0 Å². The first-order chi connectivity index (χ1) is 15.1. The van der Waals surface area contributed by atoms with Gasteiger partial charge in [-0.25, -0.2) is 0 Å². The van der Waals surface area contributed by atoms with Crippen LogP contribution in [0.5, 0.6) is 0 Å². The summed E-state index contributed by atoms with van der Waals surface area (Å²) in [5.74, 6) is 0.201. The molecule has 0 aliphatic carbocycles. The summed E-state index contributed by atoms with van der Waals surface area (Å²) in [5.41, 5.74) is 0. The molecule has 6 heteroatoms. The lowest BCUT2D eigenvalue weighted by Gasteiger charge is -2.22. The minimum atomic E-state index is 0.101. The third-order valence-electron chi connectivity index (χ3n) is 4.99. The van der Waals surface area contributed by atoms with E-state index in [1.54, 1.807) is 0 Å². The van der Waals surface area contributed by atoms with Crippen LogP contribution in [0.2, 0.25) is 0 Å². The summed E-state index contributed by atoms with van der Waals surface area (Å²) < 4.78 is 0. The lowest BCUT2D eigenvalue weighted by molar-refractivity contribution is -0.121. The smallest absolute Gasteiger partial charge is 0.220 e. The van der Waals surface area contributed by atoms with Crippen LogP contribution in [0.3, 0.4) is 0 Å². The fourth-order valence-corrected chi connectivity index (χ4v) is 3.18. The molecule has 0 aromatic heterocycles. The van der Waals surface area contributed by atoms with E-state index >= 15 is 0 Å². The Morgan fingerprint density at radius 2 is 1.19 bits per heavy atom. The molecule has 0 aromatic rings. The van der Waals surface area contributed by atoms with Gasteiger partial charge in [0.2, 0.25) is 11.8 Å². The van der Waals surface area contributed by atoms with E-state index in [1.165, 1.54) is 0 Å². The summed E-state index contributed by atoms with van der Waals surface area (Å²) in [7, 11) is 0. The third-order valence-corrected chi connectivity index (χ3v) is 4.99. The summed E-state index contributed by atoms with van der Waals surface area (Å²) >= 11 is 0. The molecule has 0 fully saturated rings. The van der Waals surface area contributed by atoms with Crippen LogP contribution in [0, 0.1) is 0 Å². The maximum atomic E-state index is 12.0. The van der Waals surface area contributed by atoms with Crippen LogP contribution < -0.4 is 10.6 Å². The molecule has 0 unspecified atom stereocenters. The van der Waals surface area contributed by atoms with Crippen LogP contribution in [0.25, 0.3) is 0 Å². The van der Waals surface area contributed by atoms with Gasteiger partial charge in [-0.15, -0.1) is 0 Å². The van der Waals surface area contributed by atoms with E-state index in [0.29, 0.717) is 32.4 Å². The molecular formula is C25H47N3O3. The molecule has 3 N–H and O–H groups in total. The molecule has 0 bridgehead atoms. The maximum Gasteiger partial charge on any atom is 0.220 e. The third kappa shape index (κ3) is 21.4. The molecule has 0 aliphatic heterocycles. The Hall–Kier alpha value is -1.66. The van der Waals surface area contributed by atoms with Crippen LogP contribution >= 0.6 is 0 Å². The van der Waals surface area contributed by atoms with Crippen molar-refractivity contribution in [2.75, 3.05) is 39.3 Å². The number of nitrogens with zero attached hydrogens (tertiary/aromatic N) is 1. The minimum Gasteiger partial charge on any atom is -0.396 e. The summed E-state index contributed by atoms with van der Waals surface area (Å²) in [6.07, 6.45) is 18.6. The molecule has 0 radical (unpaired) electrons. The number of hydrogen-bond donors (Lipinski definition) is 3. The van der Waals surface area contributed by atoms with E-state index in [-0.39, 0.29) is 18.4 Å². The van der Waals surface area contributed by atoms with Crippen molar-refractivity contribution < 1.29 is 14.7 Å². The van der Waals surface area contributed by atoms with Crippen LogP contribution in [0.1, 0.15) is 84.5 Å². The zero-order valence-electron chi connectivity index (χ0n) is 20.0. The largest absolute Gasteiger partial charge is 0.396 e. The zero-order chi connectivity index (χ0) is 23.0. The normalized spacial score (nSPS) is 11.6. The van der Waals surface area contributed by atoms with Gasteiger partial charge in [0.05, 0.1) is 0 Å². The van der Waals surface area contributed by atoms with Gasteiger partial charge < -0.3 is 15.7 Å². The van der Waals surface area contributed by atoms with E-state index < -0.39 is 0 Å². The van der Waals surface area contributed by atoms with Gasteiger partial charge in [-0.1, -0.05) is 38.2 Å². The summed E-state index contributed by atoms with van der Waals surface area (Å²) in [4.78, 5) is 26.1.